The lowest BCUT2D eigenvalue weighted by molar-refractivity contribution is 0.418. The Morgan fingerprint density at radius 3 is 0.932 bits per heavy atom. The number of fused-ring (bicyclic) bond motifs is 2. The van der Waals surface area contributed by atoms with Gasteiger partial charge in [0.05, 0.1) is 22.7 Å². The van der Waals surface area contributed by atoms with Crippen LogP contribution < -0.4 is 4.74 Å². The molecule has 0 bridgehead atoms. The van der Waals surface area contributed by atoms with E-state index in [1.807, 2.05) is 84.9 Å². The lowest BCUT2D eigenvalue weighted by Gasteiger charge is -2.39. The number of hydrogen-bond donors (Lipinski definition) is 4. The van der Waals surface area contributed by atoms with Crippen LogP contribution in [0.1, 0.15) is 205 Å². The molecule has 8 aromatic rings. The van der Waals surface area contributed by atoms with Crippen LogP contribution in [0.15, 0.2) is 153 Å². The third-order valence-electron chi connectivity index (χ3n) is 16.9. The molecule has 0 aliphatic carbocycles. The molecular formula is C79H90N4O5. The van der Waals surface area contributed by atoms with Crippen LogP contribution in [0.3, 0.4) is 0 Å². The third kappa shape index (κ3) is 13.4. The van der Waals surface area contributed by atoms with Crippen LogP contribution in [0.5, 0.6) is 34.5 Å². The predicted molar refractivity (Wildman–Crippen MR) is 370 cm³/mol. The van der Waals surface area contributed by atoms with Gasteiger partial charge in [-0.25, -0.2) is 0 Å². The van der Waals surface area contributed by atoms with Gasteiger partial charge in [0.2, 0.25) is 0 Å². The molecule has 0 spiro atoms. The molecule has 9 rings (SSSR count). The van der Waals surface area contributed by atoms with E-state index in [0.29, 0.717) is 56.5 Å². The zero-order valence-corrected chi connectivity index (χ0v) is 55.5. The molecule has 0 amide bonds. The van der Waals surface area contributed by atoms with Gasteiger partial charge in [-0.05, 0) is 139 Å². The minimum absolute atomic E-state index is 0.0660. The number of aromatic hydroxyl groups is 4. The Morgan fingerprint density at radius 1 is 0.341 bits per heavy atom. The maximum atomic E-state index is 11.6. The van der Waals surface area contributed by atoms with Gasteiger partial charge in [-0.15, -0.1) is 0 Å². The van der Waals surface area contributed by atoms with Crippen LogP contribution >= 0.6 is 0 Å². The third-order valence-corrected chi connectivity index (χ3v) is 16.9. The summed E-state index contributed by atoms with van der Waals surface area (Å²) in [5.41, 5.74) is 14.4. The van der Waals surface area contributed by atoms with Gasteiger partial charge in [0.25, 0.3) is 0 Å². The Morgan fingerprint density at radius 2 is 0.636 bits per heavy atom. The van der Waals surface area contributed by atoms with Gasteiger partial charge >= 0.3 is 0 Å². The maximum Gasteiger partial charge on any atom is 0.139 e. The lowest BCUT2D eigenvalue weighted by atomic mass is 9.70. The first kappa shape index (κ1) is 63.9. The van der Waals surface area contributed by atoms with Crippen molar-refractivity contribution >= 4 is 47.6 Å². The number of para-hydroxylation sites is 4. The first-order valence-electron chi connectivity index (χ1n) is 30.6. The number of hydrogen-bond acceptors (Lipinski definition) is 9. The summed E-state index contributed by atoms with van der Waals surface area (Å²) in [6, 6.07) is 43.6. The molecule has 1 heterocycles. The van der Waals surface area contributed by atoms with E-state index in [1.54, 1.807) is 37.0 Å². The van der Waals surface area contributed by atoms with Crippen LogP contribution in [0.4, 0.5) is 22.7 Å². The molecule has 9 heteroatoms. The molecule has 456 valence electrons. The summed E-state index contributed by atoms with van der Waals surface area (Å²) in [5, 5.41) is 46.2. The molecule has 0 saturated carbocycles. The second-order valence-corrected chi connectivity index (χ2v) is 30.5. The van der Waals surface area contributed by atoms with Crippen LogP contribution in [0, 0.1) is 0 Å². The van der Waals surface area contributed by atoms with E-state index in [9.17, 15) is 20.4 Å². The minimum atomic E-state index is -0.565. The Labute approximate surface area is 523 Å². The van der Waals surface area contributed by atoms with E-state index in [1.165, 1.54) is 0 Å². The highest BCUT2D eigenvalue weighted by Gasteiger charge is 2.40. The number of phenols is 4. The SMILES string of the molecule is CC(C)(C)c1cc(C=Nc2ccccc2N=Cc2cc(-c3cc(C(C)(C)C)cc4c3Oc3c(-c5ccc(O)c(C=Nc6ccccc6N=Cc6cc(C(C)(C)C)cc(C(C)(C)C)c6O)c5)cc(C(C)(C)C)cc3C4(C)C)ccc2O)c(O)c(C(C)(C)C)c1. The van der Waals surface area contributed by atoms with E-state index in [4.69, 9.17) is 24.7 Å². The molecule has 8 aromatic carbocycles. The molecule has 0 unspecified atom stereocenters. The Balaban J connectivity index is 1.11. The van der Waals surface area contributed by atoms with E-state index in [2.05, 4.69) is 175 Å². The number of benzene rings is 8. The van der Waals surface area contributed by atoms with Gasteiger partial charge in [0, 0.05) is 85.9 Å². The molecule has 4 N–H and O–H groups in total. The molecule has 0 saturated heterocycles. The van der Waals surface area contributed by atoms with Gasteiger partial charge in [-0.1, -0.05) is 199 Å². The largest absolute Gasteiger partial charge is 0.507 e. The van der Waals surface area contributed by atoms with Crippen molar-refractivity contribution in [3.05, 3.63) is 200 Å². The van der Waals surface area contributed by atoms with Crippen molar-refractivity contribution in [3.8, 4) is 56.8 Å². The molecule has 0 fully saturated rings. The second-order valence-electron chi connectivity index (χ2n) is 30.5. The summed E-state index contributed by atoms with van der Waals surface area (Å²) in [6.07, 6.45) is 6.77. The highest BCUT2D eigenvalue weighted by molar-refractivity contribution is 5.94. The Bertz CT molecular complexity index is 3870. The zero-order valence-electron chi connectivity index (χ0n) is 55.5. The molecular weight excluding hydrogens is 1080 g/mol. The number of nitrogens with zero attached hydrogens (tertiary/aromatic N) is 4. The second kappa shape index (κ2) is 23.2. The fourth-order valence-corrected chi connectivity index (χ4v) is 11.0. The monoisotopic (exact) mass is 1170 g/mol. The normalized spacial score (nSPS) is 14.1. The Kier molecular flexibility index (Phi) is 16.8. The smallest absolute Gasteiger partial charge is 0.139 e. The standard InChI is InChI=1S/C79H90N4O5/c1-73(2,3)53-35-51(69(86)59(39-53)77(13,14)15)45-82-65-27-23-21-25-63(65)80-43-49-33-47(29-31-67(49)84)57-37-55(75(7,8)9)41-61-71(57)88-72-58(38-56(76(10,11)12)42-62(72)79(61,19)20)48-30-32-68(85)50(34-48)44-81-64-26-22-24-28-66(64)83-46-52-36-54(74(4,5)6)40-60(70(52)87)78(16,17)18/h21-46,84-87H,1-20H3. The van der Waals surface area contributed by atoms with Crippen molar-refractivity contribution < 1.29 is 25.2 Å². The zero-order chi connectivity index (χ0) is 64.4. The summed E-state index contributed by atoms with van der Waals surface area (Å²) in [4.78, 5) is 19.7. The molecule has 9 nitrogen and oxygen atoms in total. The molecule has 1 aliphatic heterocycles. The number of phenolic OH excluding ortho intramolecular Hbond substituents is 4. The highest BCUT2D eigenvalue weighted by Crippen LogP contribution is 2.56. The van der Waals surface area contributed by atoms with Crippen LogP contribution in [-0.2, 0) is 37.9 Å². The van der Waals surface area contributed by atoms with Crippen molar-refractivity contribution in [2.45, 2.75) is 176 Å². The Hall–Kier alpha value is -8.56. The first-order chi connectivity index (χ1) is 40.8. The average Bonchev–Trinajstić information content (AvgIpc) is 0.729. The van der Waals surface area contributed by atoms with E-state index >= 15 is 0 Å². The molecule has 0 atom stereocenters. The number of aliphatic imine (C=N–C) groups is 4. The fourth-order valence-electron chi connectivity index (χ4n) is 11.0. The van der Waals surface area contributed by atoms with Crippen molar-refractivity contribution in [2.75, 3.05) is 0 Å². The quantitative estimate of drug-likeness (QED) is 0.101. The average molecular weight is 1180 g/mol. The predicted octanol–water partition coefficient (Wildman–Crippen LogP) is 21.1. The van der Waals surface area contributed by atoms with Gasteiger partial charge < -0.3 is 25.2 Å². The fraction of sp³-hybridized carbons (Fsp3) is 0.342. The van der Waals surface area contributed by atoms with Crippen molar-refractivity contribution in [1.82, 2.24) is 0 Å². The van der Waals surface area contributed by atoms with E-state index in [0.717, 1.165) is 66.8 Å². The van der Waals surface area contributed by atoms with Gasteiger partial charge in [0.1, 0.15) is 34.5 Å². The summed E-state index contributed by atoms with van der Waals surface area (Å²) < 4.78 is 7.44. The first-order valence-corrected chi connectivity index (χ1v) is 30.6. The van der Waals surface area contributed by atoms with Crippen LogP contribution in [-0.4, -0.2) is 45.3 Å². The molecule has 0 radical (unpaired) electrons. The molecule has 1 aliphatic rings. The van der Waals surface area contributed by atoms with Gasteiger partial charge in [0.15, 0.2) is 0 Å². The molecule has 0 aromatic heterocycles. The highest BCUT2D eigenvalue weighted by atomic mass is 16.5. The summed E-state index contributed by atoms with van der Waals surface area (Å²) in [5.74, 6) is 1.97. The number of ether oxygens (including phenoxy) is 1. The maximum absolute atomic E-state index is 11.6. The summed E-state index contributed by atoms with van der Waals surface area (Å²) in [6.45, 7) is 43.4. The van der Waals surface area contributed by atoms with Crippen molar-refractivity contribution in [2.24, 2.45) is 20.0 Å². The van der Waals surface area contributed by atoms with Crippen molar-refractivity contribution in [3.63, 3.8) is 0 Å². The van der Waals surface area contributed by atoms with E-state index in [-0.39, 0.29) is 55.5 Å². The summed E-state index contributed by atoms with van der Waals surface area (Å²) in [7, 11) is 0. The van der Waals surface area contributed by atoms with Crippen LogP contribution in [0.2, 0.25) is 0 Å². The van der Waals surface area contributed by atoms with E-state index < -0.39 is 5.41 Å². The minimum Gasteiger partial charge on any atom is -0.507 e. The van der Waals surface area contributed by atoms with Crippen molar-refractivity contribution in [1.29, 1.82) is 0 Å². The summed E-state index contributed by atoms with van der Waals surface area (Å²) >= 11 is 0. The number of rotatable bonds is 10. The lowest BCUT2D eigenvalue weighted by Crippen LogP contribution is -2.27. The van der Waals surface area contributed by atoms with Gasteiger partial charge in [-0.2, -0.15) is 0 Å². The van der Waals surface area contributed by atoms with Crippen LogP contribution in [0.25, 0.3) is 22.3 Å². The molecule has 88 heavy (non-hydrogen) atoms. The van der Waals surface area contributed by atoms with Gasteiger partial charge in [-0.3, -0.25) is 20.0 Å². The topological polar surface area (TPSA) is 140 Å².